The average Bonchev–Trinajstić information content (AvgIpc) is 2.41. The number of halogens is 2. The Bertz CT molecular complexity index is 699. The smallest absolute Gasteiger partial charge is 0.248 e. The fraction of sp³-hybridized carbons (Fsp3) is 0.267. The Morgan fingerprint density at radius 3 is 2.95 bits per heavy atom. The van der Waals surface area contributed by atoms with Crippen molar-refractivity contribution < 1.29 is 4.39 Å². The molecule has 0 spiro atoms. The number of anilines is 1. The number of aryl methyl sites for hydroxylation is 1. The number of fused-ring (bicyclic) bond motifs is 1. The van der Waals surface area contributed by atoms with Crippen LogP contribution in [0.3, 0.4) is 0 Å². The van der Waals surface area contributed by atoms with Crippen molar-refractivity contribution in [3.8, 4) is 0 Å². The topological polar surface area (TPSA) is 44.9 Å². The molecule has 20 heavy (non-hydrogen) atoms. The van der Waals surface area contributed by atoms with E-state index >= 15 is 0 Å². The van der Waals surface area contributed by atoms with Crippen LogP contribution in [0, 0.1) is 5.82 Å². The van der Waals surface area contributed by atoms with Gasteiger partial charge in [-0.05, 0) is 49.1 Å². The highest BCUT2D eigenvalue weighted by Crippen LogP contribution is 2.32. The van der Waals surface area contributed by atoms with Crippen LogP contribution in [0.2, 0.25) is 0 Å². The normalized spacial score (nSPS) is 17.6. The zero-order valence-electron chi connectivity index (χ0n) is 10.7. The van der Waals surface area contributed by atoms with Crippen molar-refractivity contribution in [2.75, 3.05) is 5.32 Å². The zero-order chi connectivity index (χ0) is 14.1. The molecule has 1 heterocycles. The van der Waals surface area contributed by atoms with Gasteiger partial charge in [0.1, 0.15) is 5.82 Å². The van der Waals surface area contributed by atoms with Crippen molar-refractivity contribution in [3.63, 3.8) is 0 Å². The lowest BCUT2D eigenvalue weighted by Crippen LogP contribution is -2.22. The predicted octanol–water partition coefficient (Wildman–Crippen LogP) is 3.77. The van der Waals surface area contributed by atoms with Gasteiger partial charge in [-0.15, -0.1) is 0 Å². The molecule has 1 aliphatic carbocycles. The first-order valence-electron chi connectivity index (χ1n) is 6.57. The average molecular weight is 337 g/mol. The molecule has 1 unspecified atom stereocenters. The standard InChI is InChI=1S/C15H14BrFN2O/c16-9-4-6-14(11(17)8-9)18-12-2-1-3-13-10(12)5-7-15(20)19-13/h4-8,12,18H,1-3H2,(H,19,20). The molecule has 3 nitrogen and oxygen atoms in total. The molecule has 2 aromatic rings. The Hall–Kier alpha value is -1.62. The van der Waals surface area contributed by atoms with E-state index in [1.807, 2.05) is 12.1 Å². The summed E-state index contributed by atoms with van der Waals surface area (Å²) in [5.74, 6) is -0.282. The summed E-state index contributed by atoms with van der Waals surface area (Å²) in [5.41, 5.74) is 2.41. The molecule has 1 aliphatic rings. The van der Waals surface area contributed by atoms with Gasteiger partial charge in [-0.3, -0.25) is 4.79 Å². The Morgan fingerprint density at radius 1 is 1.30 bits per heavy atom. The van der Waals surface area contributed by atoms with Crippen molar-refractivity contribution in [1.82, 2.24) is 4.98 Å². The van der Waals surface area contributed by atoms with E-state index in [1.54, 1.807) is 6.07 Å². The molecule has 104 valence electrons. The lowest BCUT2D eigenvalue weighted by Gasteiger charge is -2.27. The Kier molecular flexibility index (Phi) is 3.61. The van der Waals surface area contributed by atoms with Gasteiger partial charge in [-0.25, -0.2) is 4.39 Å². The molecule has 3 rings (SSSR count). The minimum Gasteiger partial charge on any atom is -0.376 e. The van der Waals surface area contributed by atoms with Crippen molar-refractivity contribution >= 4 is 21.6 Å². The first-order chi connectivity index (χ1) is 9.63. The van der Waals surface area contributed by atoms with Crippen LogP contribution in [0.15, 0.2) is 39.6 Å². The second-order valence-corrected chi connectivity index (χ2v) is 5.89. The van der Waals surface area contributed by atoms with E-state index in [0.29, 0.717) is 10.2 Å². The van der Waals surface area contributed by atoms with Crippen LogP contribution in [0.25, 0.3) is 0 Å². The van der Waals surface area contributed by atoms with Gasteiger partial charge in [0.15, 0.2) is 0 Å². The maximum atomic E-state index is 13.9. The maximum absolute atomic E-state index is 13.9. The molecule has 0 saturated carbocycles. The molecule has 1 aromatic carbocycles. The molecule has 1 aromatic heterocycles. The van der Waals surface area contributed by atoms with Crippen molar-refractivity contribution in [2.24, 2.45) is 0 Å². The van der Waals surface area contributed by atoms with Crippen LogP contribution in [-0.2, 0) is 6.42 Å². The number of aromatic nitrogens is 1. The molecule has 0 radical (unpaired) electrons. The molecule has 5 heteroatoms. The van der Waals surface area contributed by atoms with Gasteiger partial charge in [-0.1, -0.05) is 15.9 Å². The van der Waals surface area contributed by atoms with Gasteiger partial charge >= 0.3 is 0 Å². The second-order valence-electron chi connectivity index (χ2n) is 4.97. The van der Waals surface area contributed by atoms with Crippen LogP contribution in [0.4, 0.5) is 10.1 Å². The van der Waals surface area contributed by atoms with Crippen LogP contribution < -0.4 is 10.9 Å². The molecule has 0 bridgehead atoms. The van der Waals surface area contributed by atoms with Crippen LogP contribution in [0.1, 0.15) is 30.1 Å². The SMILES string of the molecule is O=c1ccc2c([nH]1)CCCC2Nc1ccc(Br)cc1F. The first-order valence-corrected chi connectivity index (χ1v) is 7.36. The molecular formula is C15H14BrFN2O. The quantitative estimate of drug-likeness (QED) is 0.876. The molecule has 0 aliphatic heterocycles. The summed E-state index contributed by atoms with van der Waals surface area (Å²) < 4.78 is 14.6. The second kappa shape index (κ2) is 5.40. The highest BCUT2D eigenvalue weighted by atomic mass is 79.9. The van der Waals surface area contributed by atoms with E-state index in [2.05, 4.69) is 26.2 Å². The molecule has 0 saturated heterocycles. The fourth-order valence-electron chi connectivity index (χ4n) is 2.64. The van der Waals surface area contributed by atoms with Gasteiger partial charge in [0.05, 0.1) is 11.7 Å². The molecule has 1 atom stereocenters. The van der Waals surface area contributed by atoms with Crippen LogP contribution in [-0.4, -0.2) is 4.98 Å². The van der Waals surface area contributed by atoms with Gasteiger partial charge in [0.2, 0.25) is 5.56 Å². The number of H-pyrrole nitrogens is 1. The number of nitrogens with one attached hydrogen (secondary N) is 2. The van der Waals surface area contributed by atoms with Crippen molar-refractivity contribution in [3.05, 3.63) is 62.2 Å². The first kappa shape index (κ1) is 13.4. The third-order valence-corrected chi connectivity index (χ3v) is 4.09. The molecule has 2 N–H and O–H groups in total. The van der Waals surface area contributed by atoms with E-state index in [0.717, 1.165) is 30.5 Å². The summed E-state index contributed by atoms with van der Waals surface area (Å²) in [6.07, 6.45) is 2.77. The Morgan fingerprint density at radius 2 is 2.15 bits per heavy atom. The number of hydrogen-bond donors (Lipinski definition) is 2. The van der Waals surface area contributed by atoms with Crippen molar-refractivity contribution in [2.45, 2.75) is 25.3 Å². The lowest BCUT2D eigenvalue weighted by atomic mass is 9.91. The van der Waals surface area contributed by atoms with Gasteiger partial charge in [0, 0.05) is 16.2 Å². The fourth-order valence-corrected chi connectivity index (χ4v) is 2.98. The summed E-state index contributed by atoms with van der Waals surface area (Å²) in [7, 11) is 0. The van der Waals surface area contributed by atoms with E-state index < -0.39 is 0 Å². The van der Waals surface area contributed by atoms with Crippen LogP contribution >= 0.6 is 15.9 Å². The molecule has 0 amide bonds. The Labute approximate surface area is 124 Å². The highest BCUT2D eigenvalue weighted by molar-refractivity contribution is 9.10. The number of benzene rings is 1. The van der Waals surface area contributed by atoms with E-state index in [-0.39, 0.29) is 17.4 Å². The largest absolute Gasteiger partial charge is 0.376 e. The third kappa shape index (κ3) is 2.63. The minimum atomic E-state index is -0.282. The molecular weight excluding hydrogens is 323 g/mol. The summed E-state index contributed by atoms with van der Waals surface area (Å²) >= 11 is 3.25. The van der Waals surface area contributed by atoms with Gasteiger partial charge in [0.25, 0.3) is 0 Å². The van der Waals surface area contributed by atoms with Gasteiger partial charge < -0.3 is 10.3 Å². The highest BCUT2D eigenvalue weighted by Gasteiger charge is 2.21. The van der Waals surface area contributed by atoms with Gasteiger partial charge in [-0.2, -0.15) is 0 Å². The third-order valence-electron chi connectivity index (χ3n) is 3.59. The number of hydrogen-bond acceptors (Lipinski definition) is 2. The van der Waals surface area contributed by atoms with E-state index in [1.165, 1.54) is 12.1 Å². The predicted molar refractivity (Wildman–Crippen MR) is 80.5 cm³/mol. The Balaban J connectivity index is 1.91. The maximum Gasteiger partial charge on any atom is 0.248 e. The van der Waals surface area contributed by atoms with E-state index in [9.17, 15) is 9.18 Å². The van der Waals surface area contributed by atoms with Crippen LogP contribution in [0.5, 0.6) is 0 Å². The number of aromatic amines is 1. The lowest BCUT2D eigenvalue weighted by molar-refractivity contribution is 0.576. The summed E-state index contributed by atoms with van der Waals surface area (Å²) in [5, 5.41) is 3.23. The monoisotopic (exact) mass is 336 g/mol. The molecule has 0 fully saturated rings. The summed E-state index contributed by atoms with van der Waals surface area (Å²) in [6.45, 7) is 0. The summed E-state index contributed by atoms with van der Waals surface area (Å²) in [4.78, 5) is 14.2. The zero-order valence-corrected chi connectivity index (χ0v) is 12.3. The number of rotatable bonds is 2. The van der Waals surface area contributed by atoms with Crippen molar-refractivity contribution in [1.29, 1.82) is 0 Å². The summed E-state index contributed by atoms with van der Waals surface area (Å²) in [6, 6.07) is 8.37. The van der Waals surface area contributed by atoms with E-state index in [4.69, 9.17) is 0 Å². The number of pyridine rings is 1. The minimum absolute atomic E-state index is 0.0336.